The summed E-state index contributed by atoms with van der Waals surface area (Å²) in [6.45, 7) is -0.122. The van der Waals surface area contributed by atoms with Crippen molar-refractivity contribution in [2.45, 2.75) is 44.3 Å². The highest BCUT2D eigenvalue weighted by Crippen LogP contribution is 2.46. The SMILES string of the molecule is O=C1N(CCF)c2ccc(NS(=O)(=O)CC3CCCCC3)cc2C12OCCCO2. The Morgan fingerprint density at radius 3 is 2.55 bits per heavy atom. The van der Waals surface area contributed by atoms with Crippen molar-refractivity contribution in [3.05, 3.63) is 23.8 Å². The van der Waals surface area contributed by atoms with Crippen LogP contribution in [0.25, 0.3) is 0 Å². The molecule has 1 N–H and O–H groups in total. The molecule has 1 spiro atoms. The normalized spacial score (nSPS) is 22.1. The first-order chi connectivity index (χ1) is 14.0. The summed E-state index contributed by atoms with van der Waals surface area (Å²) in [5.74, 6) is -1.82. The van der Waals surface area contributed by atoms with Crippen molar-refractivity contribution < 1.29 is 27.1 Å². The van der Waals surface area contributed by atoms with Gasteiger partial charge in [-0.1, -0.05) is 19.3 Å². The molecule has 0 bridgehead atoms. The van der Waals surface area contributed by atoms with Gasteiger partial charge in [-0.25, -0.2) is 12.8 Å². The van der Waals surface area contributed by atoms with Crippen molar-refractivity contribution in [3.8, 4) is 0 Å². The van der Waals surface area contributed by atoms with Crippen molar-refractivity contribution >= 4 is 27.3 Å². The second-order valence-electron chi connectivity index (χ2n) is 7.93. The van der Waals surface area contributed by atoms with Gasteiger partial charge in [-0.2, -0.15) is 0 Å². The van der Waals surface area contributed by atoms with E-state index < -0.39 is 28.4 Å². The molecule has 1 saturated carbocycles. The molecular weight excluding hydrogens is 399 g/mol. The molecule has 9 heteroatoms. The van der Waals surface area contributed by atoms with Crippen molar-refractivity contribution in [1.82, 2.24) is 0 Å². The van der Waals surface area contributed by atoms with Gasteiger partial charge in [0.05, 0.1) is 31.2 Å². The molecule has 1 saturated heterocycles. The largest absolute Gasteiger partial charge is 0.338 e. The number of rotatable bonds is 6. The molecule has 3 aliphatic rings. The van der Waals surface area contributed by atoms with E-state index in [0.29, 0.717) is 36.6 Å². The maximum Gasteiger partial charge on any atom is 0.292 e. The first-order valence-corrected chi connectivity index (χ1v) is 11.9. The molecule has 1 amide bonds. The Morgan fingerprint density at radius 1 is 1.14 bits per heavy atom. The summed E-state index contributed by atoms with van der Waals surface area (Å²) < 4.78 is 52.5. The standard InChI is InChI=1S/C20H27FN2O5S/c21-9-10-23-18-8-7-16(22-29(25,26)14-15-5-2-1-3-6-15)13-17(18)20(19(23)24)27-11-4-12-28-20/h7-8,13,15,22H,1-6,9-12,14H2. The third-order valence-electron chi connectivity index (χ3n) is 5.83. The number of halogens is 1. The van der Waals surface area contributed by atoms with Gasteiger partial charge in [0.25, 0.3) is 11.7 Å². The Hall–Kier alpha value is -1.71. The number of alkyl halides is 1. The number of benzene rings is 1. The summed E-state index contributed by atoms with van der Waals surface area (Å²) in [6.07, 6.45) is 5.83. The number of carbonyl (C=O) groups is 1. The first kappa shape index (κ1) is 20.6. The second-order valence-corrected chi connectivity index (χ2v) is 9.70. The number of hydrogen-bond acceptors (Lipinski definition) is 5. The van der Waals surface area contributed by atoms with E-state index in [1.807, 2.05) is 0 Å². The second kappa shape index (κ2) is 8.20. The van der Waals surface area contributed by atoms with Gasteiger partial charge in [0.1, 0.15) is 6.67 Å². The van der Waals surface area contributed by atoms with Crippen LogP contribution >= 0.6 is 0 Å². The van der Waals surface area contributed by atoms with E-state index in [-0.39, 0.29) is 18.2 Å². The summed E-state index contributed by atoms with van der Waals surface area (Å²) >= 11 is 0. The minimum absolute atomic E-state index is 0.0924. The number of fused-ring (bicyclic) bond motifs is 2. The van der Waals surface area contributed by atoms with Crippen LogP contribution in [0, 0.1) is 5.92 Å². The van der Waals surface area contributed by atoms with Crippen LogP contribution in [-0.2, 0) is 30.1 Å². The Labute approximate surface area is 170 Å². The minimum atomic E-state index is -3.52. The molecule has 0 aromatic heterocycles. The zero-order valence-corrected chi connectivity index (χ0v) is 17.2. The fourth-order valence-corrected chi connectivity index (χ4v) is 6.03. The molecule has 4 rings (SSSR count). The third kappa shape index (κ3) is 4.00. The molecule has 0 unspecified atom stereocenters. The van der Waals surface area contributed by atoms with Gasteiger partial charge < -0.3 is 14.4 Å². The van der Waals surface area contributed by atoms with Gasteiger partial charge in [-0.3, -0.25) is 9.52 Å². The zero-order chi connectivity index (χ0) is 20.5. The molecule has 7 nitrogen and oxygen atoms in total. The summed E-state index contributed by atoms with van der Waals surface area (Å²) in [4.78, 5) is 14.3. The lowest BCUT2D eigenvalue weighted by Crippen LogP contribution is -2.47. The average Bonchev–Trinajstić information content (AvgIpc) is 2.91. The molecular formula is C20H27FN2O5S. The molecule has 2 heterocycles. The predicted molar refractivity (Wildman–Crippen MR) is 107 cm³/mol. The third-order valence-corrected chi connectivity index (χ3v) is 7.29. The van der Waals surface area contributed by atoms with Gasteiger partial charge >= 0.3 is 0 Å². The molecule has 29 heavy (non-hydrogen) atoms. The van der Waals surface area contributed by atoms with Crippen LogP contribution in [0.3, 0.4) is 0 Å². The van der Waals surface area contributed by atoms with E-state index >= 15 is 0 Å². The van der Waals surface area contributed by atoms with Crippen molar-refractivity contribution in [2.75, 3.05) is 41.8 Å². The van der Waals surface area contributed by atoms with Gasteiger partial charge in [-0.05, 0) is 43.4 Å². The van der Waals surface area contributed by atoms with Gasteiger partial charge in [0, 0.05) is 11.3 Å². The lowest BCUT2D eigenvalue weighted by molar-refractivity contribution is -0.256. The van der Waals surface area contributed by atoms with Gasteiger partial charge in [-0.15, -0.1) is 0 Å². The molecule has 0 radical (unpaired) electrons. The molecule has 160 valence electrons. The van der Waals surface area contributed by atoms with Crippen molar-refractivity contribution in [2.24, 2.45) is 5.92 Å². The van der Waals surface area contributed by atoms with Crippen LogP contribution in [0.2, 0.25) is 0 Å². The highest BCUT2D eigenvalue weighted by molar-refractivity contribution is 7.92. The Balaban J connectivity index is 1.60. The van der Waals surface area contributed by atoms with Gasteiger partial charge in [0.15, 0.2) is 0 Å². The number of sulfonamides is 1. The highest BCUT2D eigenvalue weighted by Gasteiger charge is 2.54. The average molecular weight is 427 g/mol. The smallest absolute Gasteiger partial charge is 0.292 e. The first-order valence-electron chi connectivity index (χ1n) is 10.3. The fourth-order valence-electron chi connectivity index (χ4n) is 4.50. The van der Waals surface area contributed by atoms with E-state index in [1.165, 1.54) is 11.3 Å². The molecule has 2 fully saturated rings. The number of nitrogens with one attached hydrogen (secondary N) is 1. The van der Waals surface area contributed by atoms with E-state index in [2.05, 4.69) is 4.72 Å². The number of anilines is 2. The van der Waals surface area contributed by atoms with E-state index in [0.717, 1.165) is 25.7 Å². The minimum Gasteiger partial charge on any atom is -0.338 e. The number of hydrogen-bond donors (Lipinski definition) is 1. The van der Waals surface area contributed by atoms with Crippen molar-refractivity contribution in [3.63, 3.8) is 0 Å². The zero-order valence-electron chi connectivity index (χ0n) is 16.4. The van der Waals surface area contributed by atoms with E-state index in [1.54, 1.807) is 18.2 Å². The summed E-state index contributed by atoms with van der Waals surface area (Å²) in [6, 6.07) is 4.80. The maximum absolute atomic E-state index is 13.0. The molecule has 1 aliphatic carbocycles. The lowest BCUT2D eigenvalue weighted by Gasteiger charge is -2.32. The van der Waals surface area contributed by atoms with E-state index in [4.69, 9.17) is 9.47 Å². The van der Waals surface area contributed by atoms with Crippen LogP contribution in [0.15, 0.2) is 18.2 Å². The fraction of sp³-hybridized carbons (Fsp3) is 0.650. The Morgan fingerprint density at radius 2 is 1.86 bits per heavy atom. The summed E-state index contributed by atoms with van der Waals surface area (Å²) in [5.41, 5.74) is 1.27. The number of ether oxygens (including phenoxy) is 2. The van der Waals surface area contributed by atoms with E-state index in [9.17, 15) is 17.6 Å². The van der Waals surface area contributed by atoms with Gasteiger partial charge in [0.2, 0.25) is 10.0 Å². The number of carbonyl (C=O) groups excluding carboxylic acids is 1. The number of nitrogens with zero attached hydrogens (tertiary/aromatic N) is 1. The molecule has 0 atom stereocenters. The number of amides is 1. The Bertz CT molecular complexity index is 864. The van der Waals surface area contributed by atoms with Crippen LogP contribution in [0.4, 0.5) is 15.8 Å². The van der Waals surface area contributed by atoms with Crippen molar-refractivity contribution in [1.29, 1.82) is 0 Å². The maximum atomic E-state index is 13.0. The van der Waals surface area contributed by atoms with Crippen LogP contribution in [-0.4, -0.2) is 46.5 Å². The quantitative estimate of drug-likeness (QED) is 0.756. The molecule has 2 aliphatic heterocycles. The predicted octanol–water partition coefficient (Wildman–Crippen LogP) is 2.91. The summed E-state index contributed by atoms with van der Waals surface area (Å²) in [5, 5.41) is 0. The van der Waals surface area contributed by atoms with Crippen LogP contribution in [0.1, 0.15) is 44.1 Å². The monoisotopic (exact) mass is 426 g/mol. The van der Waals surface area contributed by atoms with Crippen LogP contribution < -0.4 is 9.62 Å². The highest BCUT2D eigenvalue weighted by atomic mass is 32.2. The Kier molecular flexibility index (Phi) is 5.81. The molecule has 1 aromatic rings. The summed E-state index contributed by atoms with van der Waals surface area (Å²) in [7, 11) is -3.52. The topological polar surface area (TPSA) is 84.9 Å². The lowest BCUT2D eigenvalue weighted by atomic mass is 9.91. The molecule has 1 aromatic carbocycles. The van der Waals surface area contributed by atoms with Crippen LogP contribution in [0.5, 0.6) is 0 Å².